The number of aromatic nitrogens is 2. The Labute approximate surface area is 168 Å². The van der Waals surface area contributed by atoms with Crippen LogP contribution in [0, 0.1) is 5.82 Å². The zero-order chi connectivity index (χ0) is 21.0. The molecule has 3 rings (SSSR count). The molecule has 8 nitrogen and oxygen atoms in total. The molecular formula is C19H18FN3O5S. The topological polar surface area (TPSA) is 99.5 Å². The summed E-state index contributed by atoms with van der Waals surface area (Å²) in [6, 6.07) is 5.55. The molecule has 0 radical (unpaired) electrons. The maximum atomic E-state index is 14.3. The van der Waals surface area contributed by atoms with E-state index in [2.05, 4.69) is 10.4 Å². The molecule has 0 aliphatic rings. The summed E-state index contributed by atoms with van der Waals surface area (Å²) in [6.45, 7) is 3.65. The van der Waals surface area contributed by atoms with Crippen LogP contribution in [0.2, 0.25) is 0 Å². The number of ether oxygens (including phenoxy) is 2. The van der Waals surface area contributed by atoms with E-state index in [1.165, 1.54) is 23.6 Å². The molecule has 3 aromatic rings. The number of nitrogens with zero attached hydrogens (tertiary/aromatic N) is 2. The Bertz CT molecular complexity index is 1120. The number of amides is 1. The molecule has 0 fully saturated rings. The highest BCUT2D eigenvalue weighted by Gasteiger charge is 2.23. The molecule has 0 aliphatic carbocycles. The molecule has 0 saturated heterocycles. The van der Waals surface area contributed by atoms with E-state index in [1.54, 1.807) is 19.9 Å². The predicted molar refractivity (Wildman–Crippen MR) is 106 cm³/mol. The quantitative estimate of drug-likeness (QED) is 0.591. The first-order valence-electron chi connectivity index (χ1n) is 8.82. The number of halogens is 1. The molecule has 0 aliphatic heterocycles. The highest BCUT2D eigenvalue weighted by Crippen LogP contribution is 2.30. The van der Waals surface area contributed by atoms with E-state index in [9.17, 15) is 18.8 Å². The summed E-state index contributed by atoms with van der Waals surface area (Å²) in [4.78, 5) is 37.6. The molecule has 2 aromatic heterocycles. The molecule has 29 heavy (non-hydrogen) atoms. The van der Waals surface area contributed by atoms with Crippen molar-refractivity contribution in [1.29, 1.82) is 0 Å². The first-order chi connectivity index (χ1) is 14.0. The van der Waals surface area contributed by atoms with Gasteiger partial charge in [-0.3, -0.25) is 9.59 Å². The number of para-hydroxylation sites is 1. The van der Waals surface area contributed by atoms with Gasteiger partial charge in [0.25, 0.3) is 11.5 Å². The van der Waals surface area contributed by atoms with Crippen LogP contribution in [0.5, 0.6) is 0 Å². The van der Waals surface area contributed by atoms with Crippen LogP contribution in [0.1, 0.15) is 24.3 Å². The number of anilines is 1. The van der Waals surface area contributed by atoms with E-state index in [0.717, 1.165) is 16.0 Å². The van der Waals surface area contributed by atoms with Crippen molar-refractivity contribution < 1.29 is 23.5 Å². The third-order valence-electron chi connectivity index (χ3n) is 3.89. The van der Waals surface area contributed by atoms with Crippen LogP contribution in [-0.4, -0.2) is 41.5 Å². The molecule has 0 saturated carbocycles. The zero-order valence-corrected chi connectivity index (χ0v) is 16.5. The summed E-state index contributed by atoms with van der Waals surface area (Å²) in [6.07, 6.45) is 0. The lowest BCUT2D eigenvalue weighted by molar-refractivity contribution is -0.120. The molecule has 0 atom stereocenters. The Morgan fingerprint density at radius 1 is 1.24 bits per heavy atom. The first-order valence-corrected chi connectivity index (χ1v) is 9.70. The van der Waals surface area contributed by atoms with Crippen molar-refractivity contribution in [2.45, 2.75) is 13.8 Å². The second-order valence-electron chi connectivity index (χ2n) is 5.78. The van der Waals surface area contributed by atoms with Crippen LogP contribution in [-0.2, 0) is 14.3 Å². The van der Waals surface area contributed by atoms with Crippen molar-refractivity contribution in [3.05, 3.63) is 51.5 Å². The van der Waals surface area contributed by atoms with E-state index in [-0.39, 0.29) is 40.4 Å². The molecule has 0 bridgehead atoms. The smallest absolute Gasteiger partial charge is 0.359 e. The Balaban J connectivity index is 2.22. The van der Waals surface area contributed by atoms with Gasteiger partial charge in [-0.05, 0) is 26.0 Å². The summed E-state index contributed by atoms with van der Waals surface area (Å²) in [5.41, 5.74) is -0.944. The van der Waals surface area contributed by atoms with Crippen molar-refractivity contribution in [3.63, 3.8) is 0 Å². The molecule has 152 valence electrons. The first kappa shape index (κ1) is 20.6. The lowest BCUT2D eigenvalue weighted by Gasteiger charge is -2.10. The number of hydrogen-bond donors (Lipinski definition) is 1. The molecule has 2 heterocycles. The fourth-order valence-corrected chi connectivity index (χ4v) is 3.59. The number of nitrogens with one attached hydrogen (secondary N) is 1. The van der Waals surface area contributed by atoms with Crippen molar-refractivity contribution in [3.8, 4) is 5.69 Å². The van der Waals surface area contributed by atoms with Gasteiger partial charge in [-0.15, -0.1) is 11.3 Å². The fraction of sp³-hybridized carbons (Fsp3) is 0.263. The maximum absolute atomic E-state index is 14.3. The number of esters is 1. The SMILES string of the molecule is CCOCC(=O)Nc1scc2c(C(=O)OCC)nn(-c3ccccc3F)c(=O)c12. The third kappa shape index (κ3) is 4.17. The van der Waals surface area contributed by atoms with Crippen LogP contribution >= 0.6 is 11.3 Å². The number of rotatable bonds is 7. The van der Waals surface area contributed by atoms with Crippen molar-refractivity contribution in [1.82, 2.24) is 9.78 Å². The number of hydrogen-bond acceptors (Lipinski definition) is 7. The van der Waals surface area contributed by atoms with E-state index in [1.807, 2.05) is 0 Å². The van der Waals surface area contributed by atoms with Crippen LogP contribution in [0.3, 0.4) is 0 Å². The van der Waals surface area contributed by atoms with Crippen LogP contribution in [0.4, 0.5) is 9.39 Å². The number of thiophene rings is 1. The minimum atomic E-state index is -0.757. The van der Waals surface area contributed by atoms with Crippen molar-refractivity contribution in [2.75, 3.05) is 25.1 Å². The molecule has 10 heteroatoms. The van der Waals surface area contributed by atoms with Gasteiger partial charge in [0.2, 0.25) is 0 Å². The normalized spacial score (nSPS) is 10.9. The largest absolute Gasteiger partial charge is 0.461 e. The van der Waals surface area contributed by atoms with Gasteiger partial charge in [-0.2, -0.15) is 9.78 Å². The highest BCUT2D eigenvalue weighted by atomic mass is 32.1. The summed E-state index contributed by atoms with van der Waals surface area (Å²) in [5.74, 6) is -1.90. The Kier molecular flexibility index (Phi) is 6.35. The van der Waals surface area contributed by atoms with Gasteiger partial charge in [0.05, 0.1) is 12.0 Å². The molecular weight excluding hydrogens is 401 g/mol. The number of carbonyl (C=O) groups excluding carboxylic acids is 2. The monoisotopic (exact) mass is 419 g/mol. The van der Waals surface area contributed by atoms with E-state index in [4.69, 9.17) is 9.47 Å². The second kappa shape index (κ2) is 8.93. The summed E-state index contributed by atoms with van der Waals surface area (Å²) < 4.78 is 25.2. The lowest BCUT2D eigenvalue weighted by atomic mass is 10.2. The van der Waals surface area contributed by atoms with Crippen LogP contribution in [0.15, 0.2) is 34.4 Å². The minimum Gasteiger partial charge on any atom is -0.461 e. The maximum Gasteiger partial charge on any atom is 0.359 e. The molecule has 1 aromatic carbocycles. The fourth-order valence-electron chi connectivity index (χ4n) is 2.64. The van der Waals surface area contributed by atoms with Gasteiger partial charge >= 0.3 is 5.97 Å². The van der Waals surface area contributed by atoms with E-state index in [0.29, 0.717) is 6.61 Å². The Morgan fingerprint density at radius 3 is 2.69 bits per heavy atom. The predicted octanol–water partition coefficient (Wildman–Crippen LogP) is 2.74. The molecule has 0 unspecified atom stereocenters. The Morgan fingerprint density at radius 2 is 2.00 bits per heavy atom. The van der Waals surface area contributed by atoms with Crippen LogP contribution in [0.25, 0.3) is 16.5 Å². The number of benzene rings is 1. The van der Waals surface area contributed by atoms with Crippen molar-refractivity contribution >= 4 is 39.0 Å². The van der Waals surface area contributed by atoms with Gasteiger partial charge in [-0.25, -0.2) is 9.18 Å². The summed E-state index contributed by atoms with van der Waals surface area (Å²) in [7, 11) is 0. The van der Waals surface area contributed by atoms with E-state index < -0.39 is 23.3 Å². The number of carbonyl (C=O) groups is 2. The van der Waals surface area contributed by atoms with Crippen molar-refractivity contribution in [2.24, 2.45) is 0 Å². The number of fused-ring (bicyclic) bond motifs is 1. The lowest BCUT2D eigenvalue weighted by Crippen LogP contribution is -2.26. The summed E-state index contributed by atoms with van der Waals surface area (Å²) >= 11 is 1.05. The molecule has 1 N–H and O–H groups in total. The minimum absolute atomic E-state index is 0.0427. The average molecular weight is 419 g/mol. The van der Waals surface area contributed by atoms with Gasteiger partial charge in [0.15, 0.2) is 5.69 Å². The van der Waals surface area contributed by atoms with Gasteiger partial charge in [0, 0.05) is 17.4 Å². The summed E-state index contributed by atoms with van der Waals surface area (Å²) in [5, 5.41) is 8.65. The average Bonchev–Trinajstić information content (AvgIpc) is 3.11. The zero-order valence-electron chi connectivity index (χ0n) is 15.7. The van der Waals surface area contributed by atoms with Crippen LogP contribution < -0.4 is 10.9 Å². The molecule has 0 spiro atoms. The van der Waals surface area contributed by atoms with E-state index >= 15 is 0 Å². The second-order valence-corrected chi connectivity index (χ2v) is 6.66. The Hall–Kier alpha value is -3.11. The van der Waals surface area contributed by atoms with Gasteiger partial charge in [0.1, 0.15) is 23.1 Å². The third-order valence-corrected chi connectivity index (χ3v) is 4.79. The van der Waals surface area contributed by atoms with Gasteiger partial charge < -0.3 is 14.8 Å². The highest BCUT2D eigenvalue weighted by molar-refractivity contribution is 7.16. The van der Waals surface area contributed by atoms with Gasteiger partial charge in [-0.1, -0.05) is 12.1 Å². The standard InChI is InChI=1S/C19H18FN3O5S/c1-3-27-9-14(24)21-17-15-11(10-29-17)16(19(26)28-4-2)22-23(18(15)25)13-8-6-5-7-12(13)20/h5-8,10H,3-4,9H2,1-2H3,(H,21,24). The molecule has 1 amide bonds.